The second-order valence-electron chi connectivity index (χ2n) is 7.96. The summed E-state index contributed by atoms with van der Waals surface area (Å²) in [7, 11) is 0. The van der Waals surface area contributed by atoms with Crippen molar-refractivity contribution in [3.05, 3.63) is 33.9 Å². The maximum atomic E-state index is 12.6. The lowest BCUT2D eigenvalue weighted by Gasteiger charge is -2.39. The molecule has 1 heterocycles. The van der Waals surface area contributed by atoms with Crippen LogP contribution in [0.4, 0.5) is 0 Å². The van der Waals surface area contributed by atoms with Crippen molar-refractivity contribution in [3.63, 3.8) is 0 Å². The van der Waals surface area contributed by atoms with Crippen LogP contribution in [0, 0.1) is 6.92 Å². The molecule has 0 saturated carbocycles. The smallest absolute Gasteiger partial charge is 0.197 e. The fraction of sp³-hybridized carbons (Fsp3) is 0.650. The van der Waals surface area contributed by atoms with Gasteiger partial charge in [0.2, 0.25) is 0 Å². The molecule has 1 saturated heterocycles. The fourth-order valence-electron chi connectivity index (χ4n) is 4.12. The highest BCUT2D eigenvalue weighted by molar-refractivity contribution is 6.08. The van der Waals surface area contributed by atoms with Gasteiger partial charge in [0.25, 0.3) is 0 Å². The molecule has 168 valence electrons. The molecule has 1 aliphatic heterocycles. The summed E-state index contributed by atoms with van der Waals surface area (Å²) in [6.07, 6.45) is -8.18. The number of Topliss-reactive ketones (excluding diaryl/α,β-unsaturated/α-hetero) is 1. The fourth-order valence-corrected chi connectivity index (χ4v) is 4.12. The summed E-state index contributed by atoms with van der Waals surface area (Å²) in [6.45, 7) is 1.90. The van der Waals surface area contributed by atoms with E-state index in [4.69, 9.17) is 9.47 Å². The molecule has 7 N–H and O–H groups in total. The molecule has 3 rings (SSSR count). The van der Waals surface area contributed by atoms with Gasteiger partial charge < -0.3 is 45.2 Å². The third kappa shape index (κ3) is 3.68. The van der Waals surface area contributed by atoms with Crippen LogP contribution in [0.2, 0.25) is 0 Å². The number of fused-ring (bicyclic) bond motifs is 1. The second-order valence-corrected chi connectivity index (χ2v) is 7.96. The largest absolute Gasteiger partial charge is 0.394 e. The number of ether oxygens (including phenoxy) is 2. The second kappa shape index (κ2) is 8.58. The Labute approximate surface area is 172 Å². The number of aliphatic hydroxyl groups excluding tert-OH is 6. The van der Waals surface area contributed by atoms with Gasteiger partial charge in [-0.3, -0.25) is 4.79 Å². The number of carbonyl (C=O) groups excluding carboxylic acids is 1. The lowest BCUT2D eigenvalue weighted by Crippen LogP contribution is -2.59. The summed E-state index contributed by atoms with van der Waals surface area (Å²) in [5, 5.41) is 69.3. The average molecular weight is 428 g/mol. The Kier molecular flexibility index (Phi) is 6.63. The maximum Gasteiger partial charge on any atom is 0.197 e. The molecule has 0 aromatic heterocycles. The van der Waals surface area contributed by atoms with Crippen LogP contribution in [0.1, 0.15) is 45.6 Å². The molecular formula is C20H28O10. The summed E-state index contributed by atoms with van der Waals surface area (Å²) in [5.41, 5.74) is 0.0337. The van der Waals surface area contributed by atoms with Crippen LogP contribution in [-0.4, -0.2) is 91.0 Å². The molecule has 1 aromatic carbocycles. The highest BCUT2D eigenvalue weighted by Gasteiger charge is 2.49. The standard InChI is InChI=1S/C20H28O10/c1-8-10(3-4-29-19-16(25)15(24)14(23)12(7-22)30-19)9(6-21)5-11-13(8)18(27)20(2,28)17(11)26/h5,12,14-17,19,21-26,28H,3-4,6-7H2,1-2H3. The van der Waals surface area contributed by atoms with Gasteiger partial charge in [-0.15, -0.1) is 0 Å². The number of hydrogen-bond acceptors (Lipinski definition) is 10. The van der Waals surface area contributed by atoms with E-state index in [0.717, 1.165) is 0 Å². The Morgan fingerprint density at radius 2 is 1.80 bits per heavy atom. The molecular weight excluding hydrogens is 400 g/mol. The van der Waals surface area contributed by atoms with E-state index in [2.05, 4.69) is 0 Å². The zero-order chi connectivity index (χ0) is 22.4. The lowest BCUT2D eigenvalue weighted by atomic mass is 9.91. The molecule has 1 aromatic rings. The van der Waals surface area contributed by atoms with Crippen molar-refractivity contribution >= 4 is 5.78 Å². The molecule has 10 heteroatoms. The Morgan fingerprint density at radius 1 is 1.13 bits per heavy atom. The van der Waals surface area contributed by atoms with E-state index in [1.54, 1.807) is 6.92 Å². The Morgan fingerprint density at radius 3 is 2.40 bits per heavy atom. The minimum absolute atomic E-state index is 0.0392. The molecule has 0 spiro atoms. The van der Waals surface area contributed by atoms with E-state index in [1.165, 1.54) is 13.0 Å². The normalized spacial score (nSPS) is 36.2. The lowest BCUT2D eigenvalue weighted by molar-refractivity contribution is -0.300. The summed E-state index contributed by atoms with van der Waals surface area (Å²) >= 11 is 0. The molecule has 0 bridgehead atoms. The zero-order valence-corrected chi connectivity index (χ0v) is 16.7. The predicted molar refractivity (Wildman–Crippen MR) is 100 cm³/mol. The van der Waals surface area contributed by atoms with Crippen LogP contribution in [0.15, 0.2) is 6.07 Å². The van der Waals surface area contributed by atoms with E-state index in [0.29, 0.717) is 16.7 Å². The van der Waals surface area contributed by atoms with Crippen molar-refractivity contribution in [2.75, 3.05) is 13.2 Å². The van der Waals surface area contributed by atoms with Crippen LogP contribution in [0.3, 0.4) is 0 Å². The van der Waals surface area contributed by atoms with Crippen LogP contribution in [0.5, 0.6) is 0 Å². The van der Waals surface area contributed by atoms with Gasteiger partial charge in [-0.1, -0.05) is 0 Å². The SMILES string of the molecule is Cc1c(CCOC2OC(CO)C(O)C(O)C2O)c(CO)cc2c1C(=O)C(C)(O)C2O. The van der Waals surface area contributed by atoms with Crippen LogP contribution < -0.4 is 0 Å². The summed E-state index contributed by atoms with van der Waals surface area (Å²) < 4.78 is 10.8. The Hall–Kier alpha value is -1.47. The predicted octanol–water partition coefficient (Wildman–Crippen LogP) is -2.17. The average Bonchev–Trinajstić information content (AvgIpc) is 2.89. The van der Waals surface area contributed by atoms with Gasteiger partial charge >= 0.3 is 0 Å². The van der Waals surface area contributed by atoms with E-state index in [1.807, 2.05) is 0 Å². The summed E-state index contributed by atoms with van der Waals surface area (Å²) in [5.74, 6) is -0.608. The molecule has 2 aliphatic rings. The summed E-state index contributed by atoms with van der Waals surface area (Å²) in [4.78, 5) is 12.6. The van der Waals surface area contributed by atoms with Gasteiger partial charge in [0.1, 0.15) is 30.5 Å². The number of ketones is 1. The van der Waals surface area contributed by atoms with Crippen LogP contribution in [0.25, 0.3) is 0 Å². The molecule has 10 nitrogen and oxygen atoms in total. The topological polar surface area (TPSA) is 177 Å². The Balaban J connectivity index is 1.78. The minimum Gasteiger partial charge on any atom is -0.394 e. The Bertz CT molecular complexity index is 805. The van der Waals surface area contributed by atoms with Gasteiger partial charge in [0, 0.05) is 5.56 Å². The highest BCUT2D eigenvalue weighted by Crippen LogP contribution is 2.42. The molecule has 0 radical (unpaired) electrons. The zero-order valence-electron chi connectivity index (χ0n) is 16.7. The molecule has 7 unspecified atom stereocenters. The highest BCUT2D eigenvalue weighted by atomic mass is 16.7. The van der Waals surface area contributed by atoms with Gasteiger partial charge in [-0.2, -0.15) is 0 Å². The summed E-state index contributed by atoms with van der Waals surface area (Å²) in [6, 6.07) is 1.48. The van der Waals surface area contributed by atoms with Crippen LogP contribution >= 0.6 is 0 Å². The van der Waals surface area contributed by atoms with Gasteiger partial charge in [0.15, 0.2) is 17.7 Å². The van der Waals surface area contributed by atoms with E-state index in [-0.39, 0.29) is 30.8 Å². The molecule has 30 heavy (non-hydrogen) atoms. The number of hydrogen-bond donors (Lipinski definition) is 7. The van der Waals surface area contributed by atoms with Crippen molar-refractivity contribution in [3.8, 4) is 0 Å². The third-order valence-electron chi connectivity index (χ3n) is 6.00. The van der Waals surface area contributed by atoms with Crippen molar-refractivity contribution < 1.29 is 50.0 Å². The third-order valence-corrected chi connectivity index (χ3v) is 6.00. The van der Waals surface area contributed by atoms with Gasteiger partial charge in [0.05, 0.1) is 19.8 Å². The molecule has 0 amide bonds. The van der Waals surface area contributed by atoms with E-state index >= 15 is 0 Å². The molecule has 7 atom stereocenters. The monoisotopic (exact) mass is 428 g/mol. The first-order valence-corrected chi connectivity index (χ1v) is 9.69. The van der Waals surface area contributed by atoms with Gasteiger partial charge in [-0.05, 0) is 48.6 Å². The maximum absolute atomic E-state index is 12.6. The number of carbonyl (C=O) groups is 1. The van der Waals surface area contributed by atoms with Gasteiger partial charge in [-0.25, -0.2) is 0 Å². The van der Waals surface area contributed by atoms with Crippen molar-refractivity contribution in [2.24, 2.45) is 0 Å². The first kappa shape index (κ1) is 23.2. The number of benzene rings is 1. The van der Waals surface area contributed by atoms with Crippen molar-refractivity contribution in [1.29, 1.82) is 0 Å². The molecule has 1 aliphatic carbocycles. The van der Waals surface area contributed by atoms with E-state index < -0.39 is 54.8 Å². The quantitative estimate of drug-likeness (QED) is 0.264. The van der Waals surface area contributed by atoms with Crippen molar-refractivity contribution in [1.82, 2.24) is 0 Å². The van der Waals surface area contributed by atoms with Crippen LogP contribution in [-0.2, 0) is 22.5 Å². The van der Waals surface area contributed by atoms with Crippen molar-refractivity contribution in [2.45, 2.75) is 69.3 Å². The first-order chi connectivity index (χ1) is 14.1. The minimum atomic E-state index is -1.95. The number of rotatable bonds is 6. The number of aliphatic hydroxyl groups is 7. The van der Waals surface area contributed by atoms with E-state index in [9.17, 15) is 40.5 Å². The molecule has 1 fully saturated rings. The first-order valence-electron chi connectivity index (χ1n) is 9.69.